The van der Waals surface area contributed by atoms with E-state index in [1.165, 1.54) is 0 Å². The maximum Gasteiger partial charge on any atom is 0.320 e. The molecule has 2 aliphatic rings. The smallest absolute Gasteiger partial charge is 0.320 e. The number of amides is 2. The fourth-order valence-corrected chi connectivity index (χ4v) is 4.75. The van der Waals surface area contributed by atoms with Crippen LogP contribution in [0.1, 0.15) is 11.1 Å². The summed E-state index contributed by atoms with van der Waals surface area (Å²) in [4.78, 5) is 22.8. The summed E-state index contributed by atoms with van der Waals surface area (Å²) in [5.74, 6) is 0. The fourth-order valence-electron chi connectivity index (χ4n) is 4.56. The van der Waals surface area contributed by atoms with Crippen molar-refractivity contribution in [2.45, 2.75) is 12.2 Å². The third kappa shape index (κ3) is 4.58. The van der Waals surface area contributed by atoms with Gasteiger partial charge in [-0.25, -0.2) is 4.79 Å². The Morgan fingerprint density at radius 2 is 1.79 bits per heavy atom. The van der Waals surface area contributed by atoms with Crippen LogP contribution in [-0.4, -0.2) is 55.5 Å². The Labute approximate surface area is 198 Å². The summed E-state index contributed by atoms with van der Waals surface area (Å²) >= 11 is 6.08. The molecule has 2 N–H and O–H groups in total. The van der Waals surface area contributed by atoms with E-state index in [9.17, 15) is 4.79 Å². The van der Waals surface area contributed by atoms with Gasteiger partial charge in [-0.05, 0) is 31.3 Å². The highest BCUT2D eigenvalue weighted by Gasteiger charge is 2.37. The minimum atomic E-state index is -0.436. The van der Waals surface area contributed by atoms with Crippen LogP contribution < -0.4 is 15.5 Å². The van der Waals surface area contributed by atoms with Crippen molar-refractivity contribution in [2.75, 3.05) is 36.9 Å². The lowest BCUT2D eigenvalue weighted by molar-refractivity contribution is 0.225. The predicted octanol–water partition coefficient (Wildman–Crippen LogP) is 4.46. The standard InChI is InChI=1S/C26H26ClN5O/c1-31-14-15-32-22-13-6-5-12-21(22)24(18-8-3-2-4-9-18)29-25(23(32)17-31)30-26(33)28-20-11-7-10-19(27)16-20/h2-13,16,23,25H,14-15,17H2,1H3,(H2,28,30,33)/t23?,25-/m0/s1. The molecule has 5 rings (SSSR count). The zero-order chi connectivity index (χ0) is 22.8. The number of nitrogens with zero attached hydrogens (tertiary/aromatic N) is 3. The first-order valence-electron chi connectivity index (χ1n) is 11.1. The van der Waals surface area contributed by atoms with Crippen molar-refractivity contribution in [1.29, 1.82) is 0 Å². The highest BCUT2D eigenvalue weighted by atomic mass is 35.5. The molecule has 0 spiro atoms. The third-order valence-corrected chi connectivity index (χ3v) is 6.37. The van der Waals surface area contributed by atoms with E-state index in [1.54, 1.807) is 12.1 Å². The van der Waals surface area contributed by atoms with Crippen LogP contribution in [0.3, 0.4) is 0 Å². The molecular formula is C26H26ClN5O. The summed E-state index contributed by atoms with van der Waals surface area (Å²) in [7, 11) is 2.11. The van der Waals surface area contributed by atoms with Gasteiger partial charge in [-0.1, -0.05) is 66.2 Å². The molecule has 2 atom stereocenters. The van der Waals surface area contributed by atoms with E-state index in [0.717, 1.165) is 42.2 Å². The van der Waals surface area contributed by atoms with E-state index in [0.29, 0.717) is 10.7 Å². The molecule has 3 aromatic carbocycles. The minimum Gasteiger partial charge on any atom is -0.361 e. The highest BCUT2D eigenvalue weighted by Crippen LogP contribution is 2.32. The maximum atomic E-state index is 13.0. The van der Waals surface area contributed by atoms with E-state index in [4.69, 9.17) is 16.6 Å². The van der Waals surface area contributed by atoms with Crippen molar-refractivity contribution < 1.29 is 4.79 Å². The summed E-state index contributed by atoms with van der Waals surface area (Å²) in [6.45, 7) is 2.61. The Morgan fingerprint density at radius 1 is 1.00 bits per heavy atom. The number of fused-ring (bicyclic) bond motifs is 3. The van der Waals surface area contributed by atoms with Gasteiger partial charge in [0.1, 0.15) is 6.17 Å². The first-order chi connectivity index (χ1) is 16.1. The summed E-state index contributed by atoms with van der Waals surface area (Å²) < 4.78 is 0. The lowest BCUT2D eigenvalue weighted by Crippen LogP contribution is -2.60. The van der Waals surface area contributed by atoms with Crippen LogP contribution in [0.4, 0.5) is 16.2 Å². The van der Waals surface area contributed by atoms with Crippen LogP contribution in [0, 0.1) is 0 Å². The number of nitrogens with one attached hydrogen (secondary N) is 2. The first-order valence-corrected chi connectivity index (χ1v) is 11.5. The van der Waals surface area contributed by atoms with Crippen molar-refractivity contribution in [3.05, 3.63) is 95.0 Å². The zero-order valence-corrected chi connectivity index (χ0v) is 19.2. The number of halogens is 1. The molecule has 1 saturated heterocycles. The normalized spacial score (nSPS) is 20.2. The molecule has 2 heterocycles. The second-order valence-electron chi connectivity index (χ2n) is 8.44. The molecule has 0 bridgehead atoms. The van der Waals surface area contributed by atoms with Gasteiger partial charge in [-0.2, -0.15) is 0 Å². The zero-order valence-electron chi connectivity index (χ0n) is 18.4. The van der Waals surface area contributed by atoms with E-state index in [1.807, 2.05) is 36.4 Å². The number of hydrogen-bond donors (Lipinski definition) is 2. The van der Waals surface area contributed by atoms with Gasteiger partial charge in [0.05, 0.1) is 11.8 Å². The number of carbonyl (C=O) groups excluding carboxylic acids is 1. The summed E-state index contributed by atoms with van der Waals surface area (Å²) in [6.07, 6.45) is -0.436. The van der Waals surface area contributed by atoms with E-state index in [-0.39, 0.29) is 12.1 Å². The van der Waals surface area contributed by atoms with Crippen molar-refractivity contribution in [2.24, 2.45) is 4.99 Å². The van der Waals surface area contributed by atoms with Crippen LogP contribution >= 0.6 is 11.6 Å². The Bertz CT molecular complexity index is 1180. The number of carbonyl (C=O) groups is 1. The topological polar surface area (TPSA) is 60.0 Å². The SMILES string of the molecule is CN1CCN2c3ccccc3C(c3ccccc3)=N[C@@H](NC(=O)Nc3cccc(Cl)c3)C2C1. The van der Waals surface area contributed by atoms with Gasteiger partial charge in [0, 0.05) is 47.2 Å². The second-order valence-corrected chi connectivity index (χ2v) is 8.87. The molecule has 6 nitrogen and oxygen atoms in total. The molecule has 33 heavy (non-hydrogen) atoms. The lowest BCUT2D eigenvalue weighted by Gasteiger charge is -2.43. The quantitative estimate of drug-likeness (QED) is 0.608. The number of aliphatic imine (C=N–C) groups is 1. The minimum absolute atomic E-state index is 0.00350. The molecule has 2 amide bonds. The molecule has 168 valence electrons. The number of benzene rings is 3. The molecule has 7 heteroatoms. The summed E-state index contributed by atoms with van der Waals surface area (Å²) in [6, 6.07) is 25.4. The number of anilines is 2. The molecule has 0 aliphatic carbocycles. The molecule has 1 unspecified atom stereocenters. The molecule has 0 aromatic heterocycles. The van der Waals surface area contributed by atoms with E-state index >= 15 is 0 Å². The number of rotatable bonds is 3. The molecule has 1 fully saturated rings. The van der Waals surface area contributed by atoms with Crippen LogP contribution in [0.15, 0.2) is 83.9 Å². The van der Waals surface area contributed by atoms with Crippen molar-refractivity contribution in [3.8, 4) is 0 Å². The molecule has 2 aliphatic heterocycles. The van der Waals surface area contributed by atoms with E-state index in [2.05, 4.69) is 57.8 Å². The van der Waals surface area contributed by atoms with Crippen molar-refractivity contribution >= 4 is 34.7 Å². The number of urea groups is 1. The van der Waals surface area contributed by atoms with Gasteiger partial charge in [0.2, 0.25) is 0 Å². The summed E-state index contributed by atoms with van der Waals surface area (Å²) in [5, 5.41) is 6.60. The largest absolute Gasteiger partial charge is 0.361 e. The monoisotopic (exact) mass is 459 g/mol. The first kappa shape index (κ1) is 21.5. The Kier molecular flexibility index (Phi) is 6.03. The average Bonchev–Trinajstić information content (AvgIpc) is 2.95. The number of hydrogen-bond acceptors (Lipinski definition) is 4. The predicted molar refractivity (Wildman–Crippen MR) is 135 cm³/mol. The van der Waals surface area contributed by atoms with Crippen molar-refractivity contribution in [1.82, 2.24) is 10.2 Å². The summed E-state index contributed by atoms with van der Waals surface area (Å²) in [5.41, 5.74) is 4.79. The Morgan fingerprint density at radius 3 is 2.61 bits per heavy atom. The van der Waals surface area contributed by atoms with E-state index < -0.39 is 6.17 Å². The lowest BCUT2D eigenvalue weighted by atomic mass is 10.00. The number of likely N-dealkylation sites (N-methyl/N-ethyl adjacent to an activating group) is 1. The van der Waals surface area contributed by atoms with Crippen LogP contribution in [0.25, 0.3) is 0 Å². The molecular weight excluding hydrogens is 434 g/mol. The van der Waals surface area contributed by atoms with Gasteiger partial charge in [-0.3, -0.25) is 4.99 Å². The average molecular weight is 460 g/mol. The molecule has 0 radical (unpaired) electrons. The Balaban J connectivity index is 1.54. The van der Waals surface area contributed by atoms with Gasteiger partial charge in [-0.15, -0.1) is 0 Å². The van der Waals surface area contributed by atoms with Crippen LogP contribution in [0.2, 0.25) is 5.02 Å². The van der Waals surface area contributed by atoms with Crippen LogP contribution in [-0.2, 0) is 0 Å². The van der Waals surface area contributed by atoms with Gasteiger partial charge < -0.3 is 20.4 Å². The molecule has 3 aromatic rings. The number of piperazine rings is 1. The van der Waals surface area contributed by atoms with Gasteiger partial charge in [0.25, 0.3) is 0 Å². The van der Waals surface area contributed by atoms with Gasteiger partial charge in [0.15, 0.2) is 0 Å². The van der Waals surface area contributed by atoms with Crippen molar-refractivity contribution in [3.63, 3.8) is 0 Å². The third-order valence-electron chi connectivity index (χ3n) is 6.13. The Hall–Kier alpha value is -3.35. The molecule has 0 saturated carbocycles. The highest BCUT2D eigenvalue weighted by molar-refractivity contribution is 6.30. The second kappa shape index (κ2) is 9.25. The van der Waals surface area contributed by atoms with Gasteiger partial charge >= 0.3 is 6.03 Å². The fraction of sp³-hybridized carbons (Fsp3) is 0.231. The number of para-hydroxylation sites is 1. The maximum absolute atomic E-state index is 13.0. The van der Waals surface area contributed by atoms with Crippen LogP contribution in [0.5, 0.6) is 0 Å².